The average Bonchev–Trinajstić information content (AvgIpc) is 2.74. The number of anilines is 2. The van der Waals surface area contributed by atoms with Gasteiger partial charge in [0.15, 0.2) is 5.78 Å². The maximum atomic E-state index is 13.1. The van der Waals surface area contributed by atoms with Crippen LogP contribution in [0.1, 0.15) is 28.9 Å². The number of piperidine rings is 1. The number of Topliss-reactive ketones (excluding diaryl/α,β-unsaturated/α-hetero) is 1. The number of hydrogen-bond donors (Lipinski definition) is 2. The zero-order chi connectivity index (χ0) is 21.1. The molecule has 1 fully saturated rings. The van der Waals surface area contributed by atoms with Gasteiger partial charge in [0.25, 0.3) is 0 Å². The Balaban J connectivity index is 1.61. The molecular weight excluding hydrogens is 400 g/mol. The first-order valence-electron chi connectivity index (χ1n) is 9.87. The summed E-state index contributed by atoms with van der Waals surface area (Å²) >= 11 is 5.99. The second kappa shape index (κ2) is 8.77. The fourth-order valence-corrected chi connectivity index (χ4v) is 3.90. The summed E-state index contributed by atoms with van der Waals surface area (Å²) in [6, 6.07) is 10.7. The van der Waals surface area contributed by atoms with Crippen LogP contribution in [0.3, 0.4) is 0 Å². The zero-order valence-corrected chi connectivity index (χ0v) is 17.2. The van der Waals surface area contributed by atoms with E-state index >= 15 is 0 Å². The Kier molecular flexibility index (Phi) is 5.92. The van der Waals surface area contributed by atoms with Gasteiger partial charge in [0.1, 0.15) is 10.8 Å². The van der Waals surface area contributed by atoms with Crippen LogP contribution in [0.25, 0.3) is 11.4 Å². The molecule has 154 valence electrons. The lowest BCUT2D eigenvalue weighted by Crippen LogP contribution is -2.43. The van der Waals surface area contributed by atoms with E-state index in [1.165, 1.54) is 0 Å². The van der Waals surface area contributed by atoms with E-state index in [1.807, 2.05) is 6.07 Å². The van der Waals surface area contributed by atoms with E-state index in [0.717, 1.165) is 37.2 Å². The predicted molar refractivity (Wildman–Crippen MR) is 119 cm³/mol. The largest absolute Gasteiger partial charge is 0.397 e. The van der Waals surface area contributed by atoms with E-state index < -0.39 is 0 Å². The van der Waals surface area contributed by atoms with Crippen LogP contribution >= 0.6 is 11.6 Å². The smallest absolute Gasteiger partial charge is 0.187 e. The van der Waals surface area contributed by atoms with Crippen molar-refractivity contribution >= 4 is 28.8 Å². The molecule has 4 N–H and O–H groups in total. The number of carbonyl (C=O) groups excluding carboxylic acids is 1. The van der Waals surface area contributed by atoms with Crippen molar-refractivity contribution in [3.05, 3.63) is 65.2 Å². The van der Waals surface area contributed by atoms with Crippen LogP contribution in [0.2, 0.25) is 5.15 Å². The van der Waals surface area contributed by atoms with Gasteiger partial charge in [-0.2, -0.15) is 0 Å². The Labute approximate surface area is 180 Å². The van der Waals surface area contributed by atoms with Crippen molar-refractivity contribution in [2.24, 2.45) is 5.73 Å². The third-order valence-electron chi connectivity index (χ3n) is 5.20. The maximum absolute atomic E-state index is 13.1. The van der Waals surface area contributed by atoms with Gasteiger partial charge in [-0.1, -0.05) is 17.7 Å². The highest BCUT2D eigenvalue weighted by atomic mass is 35.5. The zero-order valence-electron chi connectivity index (χ0n) is 16.5. The quantitative estimate of drug-likeness (QED) is 0.480. The first kappa shape index (κ1) is 20.3. The molecule has 1 aliphatic heterocycles. The predicted octanol–water partition coefficient (Wildman–Crippen LogP) is 3.13. The van der Waals surface area contributed by atoms with Crippen molar-refractivity contribution in [2.75, 3.05) is 23.7 Å². The van der Waals surface area contributed by atoms with Gasteiger partial charge in [0.2, 0.25) is 0 Å². The molecule has 0 radical (unpaired) electrons. The summed E-state index contributed by atoms with van der Waals surface area (Å²) in [5, 5.41) is 0.360. The highest BCUT2D eigenvalue weighted by Crippen LogP contribution is 2.26. The maximum Gasteiger partial charge on any atom is 0.187 e. The van der Waals surface area contributed by atoms with E-state index in [2.05, 4.69) is 19.9 Å². The summed E-state index contributed by atoms with van der Waals surface area (Å²) in [7, 11) is 0. The molecular formula is C22H23ClN6O. The second-order valence-electron chi connectivity index (χ2n) is 7.43. The molecule has 0 saturated carbocycles. The number of nitrogen functional groups attached to an aromatic ring is 1. The molecule has 4 heterocycles. The van der Waals surface area contributed by atoms with E-state index in [4.69, 9.17) is 23.1 Å². The molecule has 0 aromatic carbocycles. The van der Waals surface area contributed by atoms with Crippen molar-refractivity contribution in [2.45, 2.75) is 25.3 Å². The van der Waals surface area contributed by atoms with E-state index in [0.29, 0.717) is 22.2 Å². The Morgan fingerprint density at radius 2 is 2.00 bits per heavy atom. The van der Waals surface area contributed by atoms with Gasteiger partial charge < -0.3 is 16.4 Å². The summed E-state index contributed by atoms with van der Waals surface area (Å²) in [6.45, 7) is 1.68. The molecule has 1 atom stereocenters. The molecule has 0 unspecified atom stereocenters. The molecule has 4 rings (SSSR count). The number of nitrogens with zero attached hydrogens (tertiary/aromatic N) is 4. The Morgan fingerprint density at radius 3 is 2.80 bits per heavy atom. The van der Waals surface area contributed by atoms with E-state index in [9.17, 15) is 4.79 Å². The van der Waals surface area contributed by atoms with Gasteiger partial charge in [-0.05, 0) is 43.2 Å². The summed E-state index contributed by atoms with van der Waals surface area (Å²) in [6.07, 6.45) is 5.66. The van der Waals surface area contributed by atoms with Crippen molar-refractivity contribution in [1.29, 1.82) is 0 Å². The van der Waals surface area contributed by atoms with Crippen LogP contribution in [0.4, 0.5) is 11.4 Å². The third-order valence-corrected chi connectivity index (χ3v) is 5.41. The molecule has 3 aromatic heterocycles. The number of hydrogen-bond acceptors (Lipinski definition) is 7. The third kappa shape index (κ3) is 4.42. The Bertz CT molecular complexity index is 1070. The van der Waals surface area contributed by atoms with Crippen LogP contribution in [0, 0.1) is 0 Å². The molecule has 1 aliphatic rings. The van der Waals surface area contributed by atoms with Crippen LogP contribution in [0.5, 0.6) is 0 Å². The highest BCUT2D eigenvalue weighted by molar-refractivity contribution is 6.29. The summed E-state index contributed by atoms with van der Waals surface area (Å²) in [4.78, 5) is 28.3. The number of nitrogens with two attached hydrogens (primary N) is 2. The summed E-state index contributed by atoms with van der Waals surface area (Å²) < 4.78 is 0. The van der Waals surface area contributed by atoms with Gasteiger partial charge in [-0.15, -0.1) is 0 Å². The minimum atomic E-state index is -0.174. The normalized spacial score (nSPS) is 16.5. The summed E-state index contributed by atoms with van der Waals surface area (Å²) in [5.41, 5.74) is 15.7. The fraction of sp³-hybridized carbons (Fsp3) is 0.273. The number of rotatable bonds is 5. The standard InChI is InChI=1S/C22H23ClN6O/c23-21-5-1-4-17(27-21)18-7-6-16(25)22(28-18)20(30)11-14-12-26-9-8-19(14)29-10-2-3-15(24)13-29/h1,4-9,12,15H,2-3,10-11,13,24-25H2/t15-/m0/s1. The SMILES string of the molecule is Nc1ccc(-c2cccc(Cl)n2)nc1C(=O)Cc1cnccc1N1CCC[C@H](N)C1. The van der Waals surface area contributed by atoms with Gasteiger partial charge in [0, 0.05) is 49.2 Å². The van der Waals surface area contributed by atoms with Crippen LogP contribution in [-0.2, 0) is 6.42 Å². The number of halogens is 1. The number of carbonyl (C=O) groups is 1. The minimum Gasteiger partial charge on any atom is -0.397 e. The molecule has 3 aromatic rings. The number of pyridine rings is 3. The van der Waals surface area contributed by atoms with Crippen molar-refractivity contribution in [1.82, 2.24) is 15.0 Å². The molecule has 8 heteroatoms. The van der Waals surface area contributed by atoms with Crippen molar-refractivity contribution < 1.29 is 4.79 Å². The van der Waals surface area contributed by atoms with Gasteiger partial charge in [-0.3, -0.25) is 9.78 Å². The van der Waals surface area contributed by atoms with Crippen LogP contribution in [0.15, 0.2) is 48.8 Å². The summed E-state index contributed by atoms with van der Waals surface area (Å²) in [5.74, 6) is -0.174. The first-order chi connectivity index (χ1) is 14.5. The van der Waals surface area contributed by atoms with Gasteiger partial charge >= 0.3 is 0 Å². The average molecular weight is 423 g/mol. The number of ketones is 1. The fourth-order valence-electron chi connectivity index (χ4n) is 3.74. The van der Waals surface area contributed by atoms with Crippen LogP contribution < -0.4 is 16.4 Å². The molecule has 30 heavy (non-hydrogen) atoms. The van der Waals surface area contributed by atoms with Crippen molar-refractivity contribution in [3.63, 3.8) is 0 Å². The van der Waals surface area contributed by atoms with Gasteiger partial charge in [0.05, 0.1) is 17.1 Å². The monoisotopic (exact) mass is 422 g/mol. The lowest BCUT2D eigenvalue weighted by Gasteiger charge is -2.33. The molecule has 0 amide bonds. The molecule has 7 nitrogen and oxygen atoms in total. The van der Waals surface area contributed by atoms with E-state index in [-0.39, 0.29) is 23.9 Å². The van der Waals surface area contributed by atoms with Gasteiger partial charge in [-0.25, -0.2) is 9.97 Å². The first-order valence-corrected chi connectivity index (χ1v) is 10.2. The molecule has 0 aliphatic carbocycles. The highest BCUT2D eigenvalue weighted by Gasteiger charge is 2.22. The molecule has 0 bridgehead atoms. The minimum absolute atomic E-state index is 0.134. The lowest BCUT2D eigenvalue weighted by atomic mass is 10.0. The lowest BCUT2D eigenvalue weighted by molar-refractivity contribution is 0.0989. The Morgan fingerprint density at radius 1 is 1.17 bits per heavy atom. The molecule has 1 saturated heterocycles. The van der Waals surface area contributed by atoms with E-state index in [1.54, 1.807) is 42.7 Å². The van der Waals surface area contributed by atoms with Crippen LogP contribution in [-0.4, -0.2) is 39.9 Å². The second-order valence-corrected chi connectivity index (χ2v) is 7.82. The number of aromatic nitrogens is 3. The molecule has 0 spiro atoms. The van der Waals surface area contributed by atoms with Crippen molar-refractivity contribution in [3.8, 4) is 11.4 Å². The topological polar surface area (TPSA) is 111 Å². The Hall–Kier alpha value is -3.03.